The zero-order valence-electron chi connectivity index (χ0n) is 73.7. The van der Waals surface area contributed by atoms with Crippen molar-refractivity contribution in [3.05, 3.63) is 11.9 Å². The van der Waals surface area contributed by atoms with Crippen LogP contribution in [0.2, 0.25) is 0 Å². The van der Waals surface area contributed by atoms with Crippen molar-refractivity contribution < 1.29 is 37.2 Å². The van der Waals surface area contributed by atoms with E-state index in [0.717, 1.165) is 23.0 Å². The Hall–Kier alpha value is 0.230. The molecule has 15 nitrogen and oxygen atoms in total. The van der Waals surface area contributed by atoms with Crippen molar-refractivity contribution in [1.29, 1.82) is 0 Å². The highest BCUT2D eigenvalue weighted by Gasteiger charge is 2.12. The van der Waals surface area contributed by atoms with Gasteiger partial charge in [0.1, 0.15) is 31.6 Å². The molecule has 16 fully saturated rings. The molecular formula is C84H171BrClN7O8S10. The Bertz CT molecular complexity index is 1890. The second-order valence-electron chi connectivity index (χ2n) is 28.3. The summed E-state index contributed by atoms with van der Waals surface area (Å²) in [6, 6.07) is 0. The first kappa shape index (κ1) is 124. The van der Waals surface area contributed by atoms with Gasteiger partial charge in [0.25, 0.3) is 0 Å². The van der Waals surface area contributed by atoms with Crippen LogP contribution in [0.5, 0.6) is 0 Å². The molecular weight excluding hydrogens is 1670 g/mol. The first-order valence-electron chi connectivity index (χ1n) is 42.3. The Morgan fingerprint density at radius 1 is 0.414 bits per heavy atom. The maximum Gasteiger partial charge on any atom is 0.238 e. The largest absolute Gasteiger partial charge is 0.359 e. The summed E-state index contributed by atoms with van der Waals surface area (Å²) in [4.78, 5) is 62.5. The molecule has 111 heavy (non-hydrogen) atoms. The fraction of sp³-hybridized carbons (Fsp3) is 0.905. The fourth-order valence-corrected chi connectivity index (χ4v) is 10.0. The van der Waals surface area contributed by atoms with Crippen molar-refractivity contribution in [2.45, 2.75) is 352 Å². The molecule has 0 radical (unpaired) electrons. The van der Waals surface area contributed by atoms with Crippen LogP contribution in [0.25, 0.3) is 0 Å². The monoisotopic (exact) mass is 1840 g/mol. The third-order valence-corrected chi connectivity index (χ3v) is 20.8. The number of hydrogen-bond acceptors (Lipinski definition) is 19. The van der Waals surface area contributed by atoms with E-state index in [1.807, 2.05) is 64.0 Å². The van der Waals surface area contributed by atoms with Crippen molar-refractivity contribution in [1.82, 2.24) is 36.3 Å². The van der Waals surface area contributed by atoms with Crippen LogP contribution in [-0.2, 0) is 45.7 Å². The fourth-order valence-electron chi connectivity index (χ4n) is 2.47. The molecule has 27 heteroatoms. The minimum absolute atomic E-state index is 0.0440. The number of carbonyl (C=O) groups excluding carboxylic acids is 6. The van der Waals surface area contributed by atoms with E-state index < -0.39 is 9.84 Å². The maximum atomic E-state index is 10.7. The Kier molecular flexibility index (Phi) is 121. The van der Waals surface area contributed by atoms with E-state index in [9.17, 15) is 37.2 Å². The number of hydrogen-bond donors (Lipinski definition) is 4. The number of Topliss-reactive ketones (excluding diaryl/α,β-unsaturated/α-hetero) is 2. The van der Waals surface area contributed by atoms with Crippen molar-refractivity contribution in [3.8, 4) is 0 Å². The first-order valence-corrected chi connectivity index (χ1v) is 58.2. The topological polar surface area (TPSA) is 215 Å². The predicted molar refractivity (Wildman–Crippen MR) is 520 cm³/mol. The van der Waals surface area contributed by atoms with Crippen LogP contribution in [0.4, 0.5) is 0 Å². The average Bonchev–Trinajstić information content (AvgIpc) is 1.88. The molecule has 1 aromatic rings. The summed E-state index contributed by atoms with van der Waals surface area (Å²) < 4.78 is 22.4. The van der Waals surface area contributed by atoms with Crippen LogP contribution >= 0.6 is 130 Å². The minimum Gasteiger partial charge on any atom is -0.359 e. The summed E-state index contributed by atoms with van der Waals surface area (Å²) in [5, 5.41) is 17.1. The van der Waals surface area contributed by atoms with Crippen LogP contribution in [0, 0.1) is 6.92 Å². The summed E-state index contributed by atoms with van der Waals surface area (Å²) in [7, 11) is 12.5. The summed E-state index contributed by atoms with van der Waals surface area (Å²) in [5.74, 6) is 6.26. The molecule has 4 N–H and O–H groups in total. The normalized spacial score (nSPS) is 16.3. The molecule has 0 aliphatic heterocycles. The number of rotatable bonds is 21. The van der Waals surface area contributed by atoms with E-state index in [2.05, 4.69) is 47.5 Å². The number of amides is 4. The third-order valence-electron chi connectivity index (χ3n) is 11.1. The molecule has 2 atom stereocenters. The molecule has 1 heterocycles. The second-order valence-corrected chi connectivity index (χ2v) is 42.1. The number of carbonyl (C=O) groups is 6. The van der Waals surface area contributed by atoms with Gasteiger partial charge < -0.3 is 21.3 Å². The van der Waals surface area contributed by atoms with Gasteiger partial charge in [-0.15, -0.1) is 16.7 Å². The number of nitrogens with one attached hydrogen (secondary N) is 4. The van der Waals surface area contributed by atoms with Crippen molar-refractivity contribution >= 4 is 175 Å². The number of thioether (sulfide) groups is 5. The summed E-state index contributed by atoms with van der Waals surface area (Å²) in [6.45, 7) is 5.13. The van der Waals surface area contributed by atoms with Crippen LogP contribution < -0.4 is 21.3 Å². The van der Waals surface area contributed by atoms with Gasteiger partial charge in [-0.25, -0.2) is 8.42 Å². The zero-order chi connectivity index (χ0) is 84.6. The highest BCUT2D eigenvalue weighted by atomic mass is 79.9. The zero-order valence-corrected chi connectivity index (χ0v) is 84.2. The van der Waals surface area contributed by atoms with Crippen LogP contribution in [0.15, 0.2) is 6.20 Å². The Balaban J connectivity index is -0.000000206. The third kappa shape index (κ3) is 277. The van der Waals surface area contributed by atoms with Gasteiger partial charge in [0.15, 0.2) is 0 Å². The maximum absolute atomic E-state index is 10.7. The predicted octanol–water partition coefficient (Wildman–Crippen LogP) is 24.9. The van der Waals surface area contributed by atoms with Gasteiger partial charge in [0.05, 0.1) is 23.0 Å². The van der Waals surface area contributed by atoms with Gasteiger partial charge in [-0.2, -0.15) is 58.8 Å². The number of aromatic nitrogens is 3. The van der Waals surface area contributed by atoms with E-state index in [-0.39, 0.29) is 45.4 Å². The minimum atomic E-state index is -2.71. The van der Waals surface area contributed by atoms with Crippen LogP contribution in [0.3, 0.4) is 0 Å². The lowest BCUT2D eigenvalue weighted by molar-refractivity contribution is -0.120. The lowest BCUT2D eigenvalue weighted by Crippen LogP contribution is -2.29. The molecule has 2 unspecified atom stereocenters. The molecule has 0 spiro atoms. The van der Waals surface area contributed by atoms with Gasteiger partial charge in [0, 0.05) is 89.3 Å². The van der Waals surface area contributed by atoms with Gasteiger partial charge in [-0.05, 0) is 64.6 Å². The lowest BCUT2D eigenvalue weighted by atomic mass is 10.4. The van der Waals surface area contributed by atoms with Crippen LogP contribution in [-0.4, -0.2) is 193 Å². The van der Waals surface area contributed by atoms with Gasteiger partial charge in [-0.3, -0.25) is 33.4 Å². The quantitative estimate of drug-likeness (QED) is 0.0511. The number of nitrogens with zero attached hydrogens (tertiary/aromatic N) is 3. The van der Waals surface area contributed by atoms with Gasteiger partial charge in [0.2, 0.25) is 23.6 Å². The van der Waals surface area contributed by atoms with E-state index in [0.29, 0.717) is 41.6 Å². The van der Waals surface area contributed by atoms with Gasteiger partial charge in [-0.1, -0.05) is 373 Å². The smallest absolute Gasteiger partial charge is 0.238 e. The van der Waals surface area contributed by atoms with Crippen LogP contribution in [0.1, 0.15) is 341 Å². The molecule has 16 saturated carbocycles. The molecule has 1 aromatic heterocycles. The van der Waals surface area contributed by atoms with Crippen molar-refractivity contribution in [2.75, 3.05) is 124 Å². The number of aryl methyl sites for hydroxylation is 2. The Morgan fingerprint density at radius 2 is 0.694 bits per heavy atom. The molecule has 0 aromatic carbocycles. The molecule has 4 amide bonds. The SMILES string of the molecule is C1CC1.C1CC1.C1CC1.C1CC1.C1CC1.C1CC1.C1CC1.C1CC1.C1CC1.C1CC1.C1CC1.C1CC1.C1CC1.C1CC1.C1CC1.C1CC1.CNC(=O)C(Br)CSC.CNC(=O)C(Cl)CSC.CNC(=O)CCSSC.CNC(=O)CSC.CSCC(C)=O.CSCCS(C)(=O)=O.CSSCCC(C)=O.Cc1cn(C)nn1. The Labute approximate surface area is 736 Å². The summed E-state index contributed by atoms with van der Waals surface area (Å²) >= 11 is 16.7. The van der Waals surface area contributed by atoms with Crippen molar-refractivity contribution in [3.63, 3.8) is 0 Å². The molecule has 0 bridgehead atoms. The second kappa shape index (κ2) is 108. The molecule has 664 valence electrons. The first-order chi connectivity index (χ1) is 53.4. The van der Waals surface area contributed by atoms with E-state index in [4.69, 9.17) is 11.6 Å². The average molecular weight is 1840 g/mol. The van der Waals surface area contributed by atoms with Gasteiger partial charge >= 0.3 is 0 Å². The number of sulfone groups is 1. The number of halogens is 2. The highest BCUT2D eigenvalue weighted by Crippen LogP contribution is 2.21. The number of alkyl halides is 2. The summed E-state index contributed by atoms with van der Waals surface area (Å²) in [6.07, 6.45) is 90.1. The standard InChI is InChI=1S/C5H10BrNOS.C5H10ClNOS.C5H11NOS2.C5H10OS2.C4H7N3.C4H9NOS.C4H10O2S2.C4H8OS.16C3H6/c2*1-7-5(8)4(6)3-9-2;1-6-5(7)3-4-9-8-2;1-5(6)3-4-8-7-2;1-4-3-7(2)6-5-4;1-5-4(6)3-7-2;1-7-3-4-8(2,5)6;1-4(5)3-6-2;16*1-2-3-1/h2*4H,3H2,1-2H3,(H,7,8);3-4H2,1-2H3,(H,6,7);3-4H2,1-2H3;3H,1-2H3;3H2,1-2H3,(H,5,6);3-4H2,1-2H3;3H2,1-2H3;16*1-3H2. The molecule has 16 aliphatic rings. The summed E-state index contributed by atoms with van der Waals surface area (Å²) in [5.41, 5.74) is 0.961. The highest BCUT2D eigenvalue weighted by molar-refractivity contribution is 9.10. The molecule has 0 saturated heterocycles. The lowest BCUT2D eigenvalue weighted by Gasteiger charge is -2.04. The Morgan fingerprint density at radius 3 is 0.829 bits per heavy atom. The number of ketones is 2. The van der Waals surface area contributed by atoms with E-state index in [1.54, 1.807) is 137 Å². The van der Waals surface area contributed by atoms with E-state index >= 15 is 0 Å². The molecule has 16 aliphatic carbocycles. The van der Waals surface area contributed by atoms with E-state index in [1.165, 1.54) is 326 Å². The van der Waals surface area contributed by atoms with Crippen molar-refractivity contribution in [2.24, 2.45) is 7.05 Å². The molecule has 17 rings (SSSR count).